The van der Waals surface area contributed by atoms with Gasteiger partial charge in [0.1, 0.15) is 0 Å². The molecule has 108 valence electrons. The average molecular weight is 313 g/mol. The normalized spacial score (nSPS) is 21.6. The van der Waals surface area contributed by atoms with E-state index in [1.54, 1.807) is 18.4 Å². The highest BCUT2D eigenvalue weighted by Gasteiger charge is 2.28. The quantitative estimate of drug-likeness (QED) is 0.912. The van der Waals surface area contributed by atoms with Crippen molar-refractivity contribution in [2.24, 2.45) is 0 Å². The van der Waals surface area contributed by atoms with Gasteiger partial charge in [-0.25, -0.2) is 0 Å². The van der Waals surface area contributed by atoms with Crippen molar-refractivity contribution in [1.82, 2.24) is 10.6 Å². The van der Waals surface area contributed by atoms with Crippen LogP contribution in [0.1, 0.15) is 10.4 Å². The van der Waals surface area contributed by atoms with E-state index in [0.29, 0.717) is 0 Å². The molecular weight excluding hydrogens is 296 g/mol. The molecule has 0 unspecified atom stereocenters. The highest BCUT2D eigenvalue weighted by atomic mass is 35.5. The molecule has 0 radical (unpaired) electrons. The summed E-state index contributed by atoms with van der Waals surface area (Å²) in [5.41, 5.74) is 0.752. The molecule has 0 aliphatic carbocycles. The van der Waals surface area contributed by atoms with E-state index in [9.17, 15) is 4.79 Å². The highest BCUT2D eigenvalue weighted by Crippen LogP contribution is 2.25. The molecule has 1 saturated heterocycles. The van der Waals surface area contributed by atoms with Crippen LogP contribution in [-0.2, 0) is 4.74 Å². The van der Waals surface area contributed by atoms with Crippen LogP contribution < -0.4 is 10.6 Å². The van der Waals surface area contributed by atoms with Crippen molar-refractivity contribution in [3.05, 3.63) is 35.2 Å². The Morgan fingerprint density at radius 3 is 3.00 bits per heavy atom. The molecule has 1 aromatic carbocycles. The van der Waals surface area contributed by atoms with E-state index in [1.807, 2.05) is 29.6 Å². The minimum absolute atomic E-state index is 0. The Balaban J connectivity index is 0.00000147. The molecule has 2 atom stereocenters. The lowest BCUT2D eigenvalue weighted by molar-refractivity contribution is 0.0781. The molecule has 6 heteroatoms. The van der Waals surface area contributed by atoms with Crippen LogP contribution in [0.25, 0.3) is 10.1 Å². The second-order valence-electron chi connectivity index (χ2n) is 4.66. The summed E-state index contributed by atoms with van der Waals surface area (Å²) in [6, 6.07) is 8.01. The first-order valence-electron chi connectivity index (χ1n) is 6.30. The van der Waals surface area contributed by atoms with Gasteiger partial charge in [0, 0.05) is 35.7 Å². The Morgan fingerprint density at radius 1 is 1.40 bits per heavy atom. The molecule has 3 rings (SSSR count). The second kappa shape index (κ2) is 6.54. The van der Waals surface area contributed by atoms with Crippen molar-refractivity contribution >= 4 is 39.7 Å². The topological polar surface area (TPSA) is 50.4 Å². The SMILES string of the molecule is CO[C@H]1CNC[C@@H]1NC(=O)c1csc2ccccc12.Cl. The Kier molecular flexibility index (Phi) is 4.99. The van der Waals surface area contributed by atoms with Gasteiger partial charge in [0.05, 0.1) is 17.7 Å². The summed E-state index contributed by atoms with van der Waals surface area (Å²) in [6.07, 6.45) is 0.0499. The maximum absolute atomic E-state index is 12.3. The molecule has 2 heterocycles. The Hall–Kier alpha value is -1.14. The second-order valence-corrected chi connectivity index (χ2v) is 5.57. The van der Waals surface area contributed by atoms with Crippen molar-refractivity contribution in [2.75, 3.05) is 20.2 Å². The highest BCUT2D eigenvalue weighted by molar-refractivity contribution is 7.17. The molecule has 0 saturated carbocycles. The summed E-state index contributed by atoms with van der Waals surface area (Å²) in [5, 5.41) is 9.22. The number of rotatable bonds is 3. The van der Waals surface area contributed by atoms with Crippen molar-refractivity contribution in [2.45, 2.75) is 12.1 Å². The van der Waals surface area contributed by atoms with Gasteiger partial charge in [-0.2, -0.15) is 0 Å². The zero-order chi connectivity index (χ0) is 13.2. The zero-order valence-corrected chi connectivity index (χ0v) is 12.7. The lowest BCUT2D eigenvalue weighted by Gasteiger charge is -2.18. The van der Waals surface area contributed by atoms with Crippen LogP contribution in [0.3, 0.4) is 0 Å². The predicted molar refractivity (Wildman–Crippen MR) is 84.0 cm³/mol. The lowest BCUT2D eigenvalue weighted by Crippen LogP contribution is -2.43. The van der Waals surface area contributed by atoms with Gasteiger partial charge in [-0.15, -0.1) is 23.7 Å². The van der Waals surface area contributed by atoms with Gasteiger partial charge < -0.3 is 15.4 Å². The number of nitrogens with one attached hydrogen (secondary N) is 2. The summed E-state index contributed by atoms with van der Waals surface area (Å²) in [7, 11) is 1.68. The molecule has 2 N–H and O–H groups in total. The zero-order valence-electron chi connectivity index (χ0n) is 11.1. The fourth-order valence-electron chi connectivity index (χ4n) is 2.45. The van der Waals surface area contributed by atoms with E-state index in [4.69, 9.17) is 4.74 Å². The summed E-state index contributed by atoms with van der Waals surface area (Å²) in [4.78, 5) is 12.3. The monoisotopic (exact) mass is 312 g/mol. The lowest BCUT2D eigenvalue weighted by atomic mass is 10.1. The van der Waals surface area contributed by atoms with E-state index in [-0.39, 0.29) is 30.5 Å². The number of carbonyl (C=O) groups is 1. The summed E-state index contributed by atoms with van der Waals surface area (Å²) in [5.74, 6) is -0.0202. The van der Waals surface area contributed by atoms with Crippen molar-refractivity contribution < 1.29 is 9.53 Å². The van der Waals surface area contributed by atoms with Gasteiger partial charge in [0.15, 0.2) is 0 Å². The Bertz CT molecular complexity index is 602. The van der Waals surface area contributed by atoms with Gasteiger partial charge >= 0.3 is 0 Å². The molecule has 0 spiro atoms. The molecule has 1 aromatic heterocycles. The van der Waals surface area contributed by atoms with Crippen LogP contribution in [0.15, 0.2) is 29.6 Å². The van der Waals surface area contributed by atoms with Crippen LogP contribution in [0.2, 0.25) is 0 Å². The molecule has 2 aromatic rings. The Morgan fingerprint density at radius 2 is 2.20 bits per heavy atom. The Labute approximate surface area is 127 Å². The van der Waals surface area contributed by atoms with E-state index >= 15 is 0 Å². The number of thiophene rings is 1. The number of hydrogen-bond acceptors (Lipinski definition) is 4. The third kappa shape index (κ3) is 2.81. The molecule has 0 bridgehead atoms. The number of halogens is 1. The number of hydrogen-bond donors (Lipinski definition) is 2. The fourth-order valence-corrected chi connectivity index (χ4v) is 3.39. The van der Waals surface area contributed by atoms with Gasteiger partial charge in [0.2, 0.25) is 0 Å². The maximum Gasteiger partial charge on any atom is 0.253 e. The average Bonchev–Trinajstić information content (AvgIpc) is 3.04. The molecule has 4 nitrogen and oxygen atoms in total. The third-order valence-corrected chi connectivity index (χ3v) is 4.47. The summed E-state index contributed by atoms with van der Waals surface area (Å²) in [6.45, 7) is 1.54. The largest absolute Gasteiger partial charge is 0.378 e. The first kappa shape index (κ1) is 15.3. The fraction of sp³-hybridized carbons (Fsp3) is 0.357. The first-order chi connectivity index (χ1) is 9.29. The molecule has 1 amide bonds. The van der Waals surface area contributed by atoms with Crippen molar-refractivity contribution in [1.29, 1.82) is 0 Å². The van der Waals surface area contributed by atoms with Crippen LogP contribution >= 0.6 is 23.7 Å². The van der Waals surface area contributed by atoms with Crippen LogP contribution in [-0.4, -0.2) is 38.3 Å². The first-order valence-corrected chi connectivity index (χ1v) is 7.18. The van der Waals surface area contributed by atoms with E-state index < -0.39 is 0 Å². The van der Waals surface area contributed by atoms with Gasteiger partial charge in [-0.1, -0.05) is 18.2 Å². The van der Waals surface area contributed by atoms with E-state index in [2.05, 4.69) is 10.6 Å². The minimum Gasteiger partial charge on any atom is -0.378 e. The van der Waals surface area contributed by atoms with Gasteiger partial charge in [0.25, 0.3) is 5.91 Å². The number of methoxy groups -OCH3 is 1. The number of benzene rings is 1. The summed E-state index contributed by atoms with van der Waals surface area (Å²) < 4.78 is 6.49. The third-order valence-electron chi connectivity index (χ3n) is 3.50. The molecule has 1 aliphatic heterocycles. The minimum atomic E-state index is -0.0202. The number of fused-ring (bicyclic) bond motifs is 1. The number of amides is 1. The molecule has 20 heavy (non-hydrogen) atoms. The predicted octanol–water partition coefficient (Wildman–Crippen LogP) is 2.04. The van der Waals surface area contributed by atoms with Crippen LogP contribution in [0.4, 0.5) is 0 Å². The van der Waals surface area contributed by atoms with Crippen LogP contribution in [0.5, 0.6) is 0 Å². The van der Waals surface area contributed by atoms with Crippen LogP contribution in [0, 0.1) is 0 Å². The van der Waals surface area contributed by atoms with Crippen molar-refractivity contribution in [3.8, 4) is 0 Å². The van der Waals surface area contributed by atoms with E-state index in [1.165, 1.54) is 0 Å². The molecular formula is C14H17ClN2O2S. The number of carbonyl (C=O) groups excluding carboxylic acids is 1. The molecule has 1 fully saturated rings. The standard InChI is InChI=1S/C14H16N2O2S.ClH/c1-18-12-7-15-6-11(12)16-14(17)10-8-19-13-5-3-2-4-9(10)13;/h2-5,8,11-12,15H,6-7H2,1H3,(H,16,17);1H/t11-,12-;/m0./s1. The van der Waals surface area contributed by atoms with Gasteiger partial charge in [-0.3, -0.25) is 4.79 Å². The van der Waals surface area contributed by atoms with E-state index in [0.717, 1.165) is 28.7 Å². The van der Waals surface area contributed by atoms with Crippen molar-refractivity contribution in [3.63, 3.8) is 0 Å². The maximum atomic E-state index is 12.3. The summed E-state index contributed by atoms with van der Waals surface area (Å²) >= 11 is 1.60. The van der Waals surface area contributed by atoms with Gasteiger partial charge in [-0.05, 0) is 6.07 Å². The number of ether oxygens (including phenoxy) is 1. The molecule has 1 aliphatic rings. The smallest absolute Gasteiger partial charge is 0.253 e.